The Balaban J connectivity index is 2.30. The zero-order valence-electron chi connectivity index (χ0n) is 9.27. The Kier molecular flexibility index (Phi) is 3.22. The lowest BCUT2D eigenvalue weighted by Crippen LogP contribution is -2.53. The topological polar surface area (TPSA) is 62.4 Å². The van der Waals surface area contributed by atoms with Crippen molar-refractivity contribution in [3.8, 4) is 0 Å². The molecule has 1 atom stereocenters. The van der Waals surface area contributed by atoms with Gasteiger partial charge in [-0.1, -0.05) is 30.3 Å². The third-order valence-electron chi connectivity index (χ3n) is 2.31. The van der Waals surface area contributed by atoms with Gasteiger partial charge in [-0.2, -0.15) is 0 Å². The monoisotopic (exact) mass is 216 g/mol. The minimum atomic E-state index is -0.287. The van der Waals surface area contributed by atoms with Crippen LogP contribution in [0.2, 0.25) is 0 Å². The van der Waals surface area contributed by atoms with Crippen LogP contribution in [-0.4, -0.2) is 18.7 Å². The molecule has 0 aromatic heterocycles. The first-order valence-corrected chi connectivity index (χ1v) is 5.40. The maximum atomic E-state index is 5.84. The van der Waals surface area contributed by atoms with E-state index in [9.17, 15) is 0 Å². The second kappa shape index (κ2) is 4.81. The maximum absolute atomic E-state index is 5.84. The Morgan fingerprint density at radius 1 is 1.25 bits per heavy atom. The van der Waals surface area contributed by atoms with Gasteiger partial charge in [0.1, 0.15) is 5.84 Å². The predicted octanol–water partition coefficient (Wildman–Crippen LogP) is 0.881. The summed E-state index contributed by atoms with van der Waals surface area (Å²) in [6.45, 7) is 2.74. The highest BCUT2D eigenvalue weighted by Gasteiger charge is 2.13. The molecule has 1 aliphatic rings. The van der Waals surface area contributed by atoms with Crippen molar-refractivity contribution in [3.05, 3.63) is 42.0 Å². The Morgan fingerprint density at radius 2 is 2.00 bits per heavy atom. The Hall–Kier alpha value is -1.81. The number of benzene rings is 1. The molecule has 1 aromatic rings. The van der Waals surface area contributed by atoms with E-state index in [1.165, 1.54) is 0 Å². The van der Waals surface area contributed by atoms with Crippen LogP contribution in [0.1, 0.15) is 12.5 Å². The minimum Gasteiger partial charge on any atom is -0.353 e. The van der Waals surface area contributed by atoms with Crippen molar-refractivity contribution in [2.75, 3.05) is 6.54 Å². The van der Waals surface area contributed by atoms with E-state index in [0.717, 1.165) is 23.6 Å². The van der Waals surface area contributed by atoms with Gasteiger partial charge in [-0.3, -0.25) is 10.7 Å². The van der Waals surface area contributed by atoms with Crippen molar-refractivity contribution < 1.29 is 0 Å². The van der Waals surface area contributed by atoms with E-state index in [1.54, 1.807) is 0 Å². The van der Waals surface area contributed by atoms with E-state index in [-0.39, 0.29) is 6.29 Å². The van der Waals surface area contributed by atoms with Crippen LogP contribution in [0.5, 0.6) is 0 Å². The van der Waals surface area contributed by atoms with Gasteiger partial charge in [0.25, 0.3) is 0 Å². The van der Waals surface area contributed by atoms with Crippen molar-refractivity contribution in [3.63, 3.8) is 0 Å². The smallest absolute Gasteiger partial charge is 0.151 e. The van der Waals surface area contributed by atoms with Gasteiger partial charge in [0.05, 0.1) is 0 Å². The summed E-state index contributed by atoms with van der Waals surface area (Å²) in [6, 6.07) is 10.1. The van der Waals surface area contributed by atoms with Crippen LogP contribution in [0.3, 0.4) is 0 Å². The maximum Gasteiger partial charge on any atom is 0.151 e. The SMILES string of the molecule is CCN=C1C=C(c2ccccc2)NC(N)N1. The summed E-state index contributed by atoms with van der Waals surface area (Å²) in [5, 5.41) is 6.23. The molecule has 1 aliphatic heterocycles. The van der Waals surface area contributed by atoms with Crippen molar-refractivity contribution in [1.29, 1.82) is 0 Å². The zero-order chi connectivity index (χ0) is 11.4. The van der Waals surface area contributed by atoms with Crippen LogP contribution in [0.4, 0.5) is 0 Å². The molecular formula is C12H16N4. The third kappa shape index (κ3) is 2.41. The van der Waals surface area contributed by atoms with Crippen molar-refractivity contribution in [2.24, 2.45) is 10.7 Å². The number of aliphatic imine (C=N–C) groups is 1. The first-order valence-electron chi connectivity index (χ1n) is 5.40. The number of amidine groups is 1. The fraction of sp³-hybridized carbons (Fsp3) is 0.250. The lowest BCUT2D eigenvalue weighted by molar-refractivity contribution is 0.577. The van der Waals surface area contributed by atoms with Crippen LogP contribution in [0.25, 0.3) is 5.70 Å². The summed E-state index contributed by atoms with van der Waals surface area (Å²) in [4.78, 5) is 4.32. The molecule has 4 nitrogen and oxygen atoms in total. The molecule has 0 bridgehead atoms. The second-order valence-electron chi connectivity index (χ2n) is 3.55. The van der Waals surface area contributed by atoms with E-state index in [2.05, 4.69) is 15.6 Å². The normalized spacial score (nSPS) is 22.2. The molecule has 84 valence electrons. The standard InChI is InChI=1S/C12H16N4/c1-2-14-11-8-10(15-12(13)16-11)9-6-4-3-5-7-9/h3-8,12,15H,2,13H2,1H3,(H,14,16). The quantitative estimate of drug-likeness (QED) is 0.687. The average molecular weight is 216 g/mol. The zero-order valence-corrected chi connectivity index (χ0v) is 9.27. The number of hydrogen-bond donors (Lipinski definition) is 3. The van der Waals surface area contributed by atoms with E-state index in [0.29, 0.717) is 0 Å². The molecule has 4 N–H and O–H groups in total. The Bertz CT molecular complexity index is 408. The summed E-state index contributed by atoms with van der Waals surface area (Å²) in [6.07, 6.45) is 1.69. The van der Waals surface area contributed by atoms with Gasteiger partial charge >= 0.3 is 0 Å². The highest BCUT2D eigenvalue weighted by atomic mass is 15.3. The second-order valence-corrected chi connectivity index (χ2v) is 3.55. The van der Waals surface area contributed by atoms with E-state index >= 15 is 0 Å². The van der Waals surface area contributed by atoms with E-state index in [4.69, 9.17) is 5.73 Å². The molecule has 0 spiro atoms. The van der Waals surface area contributed by atoms with Gasteiger partial charge in [0, 0.05) is 18.3 Å². The first kappa shape index (κ1) is 10.7. The Morgan fingerprint density at radius 3 is 2.69 bits per heavy atom. The van der Waals surface area contributed by atoms with Gasteiger partial charge in [-0.25, -0.2) is 0 Å². The molecule has 0 aliphatic carbocycles. The summed E-state index contributed by atoms with van der Waals surface area (Å²) in [5.74, 6) is 0.826. The number of hydrogen-bond acceptors (Lipinski definition) is 3. The first-order chi connectivity index (χ1) is 7.79. The molecule has 1 unspecified atom stereocenters. The fourth-order valence-electron chi connectivity index (χ4n) is 1.63. The fourth-order valence-corrected chi connectivity index (χ4v) is 1.63. The minimum absolute atomic E-state index is 0.287. The van der Waals surface area contributed by atoms with Crippen molar-refractivity contribution >= 4 is 11.5 Å². The van der Waals surface area contributed by atoms with Crippen LogP contribution < -0.4 is 16.4 Å². The largest absolute Gasteiger partial charge is 0.353 e. The van der Waals surface area contributed by atoms with Crippen LogP contribution in [-0.2, 0) is 0 Å². The average Bonchev–Trinajstić information content (AvgIpc) is 2.30. The molecule has 0 saturated carbocycles. The number of nitrogens with one attached hydrogen (secondary N) is 2. The predicted molar refractivity (Wildman–Crippen MR) is 66.6 cm³/mol. The summed E-state index contributed by atoms with van der Waals surface area (Å²) < 4.78 is 0. The Labute approximate surface area is 95.3 Å². The lowest BCUT2D eigenvalue weighted by atomic mass is 10.1. The summed E-state index contributed by atoms with van der Waals surface area (Å²) in [7, 11) is 0. The molecule has 16 heavy (non-hydrogen) atoms. The van der Waals surface area contributed by atoms with Crippen molar-refractivity contribution in [1.82, 2.24) is 10.6 Å². The molecule has 2 rings (SSSR count). The lowest BCUT2D eigenvalue weighted by Gasteiger charge is -2.25. The molecule has 4 heteroatoms. The third-order valence-corrected chi connectivity index (χ3v) is 2.31. The summed E-state index contributed by atoms with van der Waals surface area (Å²) in [5.41, 5.74) is 7.95. The van der Waals surface area contributed by atoms with Gasteiger partial charge in [0.15, 0.2) is 6.29 Å². The molecule has 1 aromatic carbocycles. The van der Waals surface area contributed by atoms with Crippen molar-refractivity contribution in [2.45, 2.75) is 13.2 Å². The van der Waals surface area contributed by atoms with Gasteiger partial charge in [0.2, 0.25) is 0 Å². The van der Waals surface area contributed by atoms with Crippen LogP contribution in [0.15, 0.2) is 41.4 Å². The van der Waals surface area contributed by atoms with Gasteiger partial charge in [-0.05, 0) is 12.5 Å². The highest BCUT2D eigenvalue weighted by molar-refractivity contribution is 6.00. The molecular weight excluding hydrogens is 200 g/mol. The number of rotatable bonds is 2. The number of nitrogens with zero attached hydrogens (tertiary/aromatic N) is 1. The van der Waals surface area contributed by atoms with E-state index < -0.39 is 0 Å². The highest BCUT2D eigenvalue weighted by Crippen LogP contribution is 2.12. The van der Waals surface area contributed by atoms with E-state index in [1.807, 2.05) is 43.3 Å². The molecule has 1 heterocycles. The molecule has 0 saturated heterocycles. The number of nitrogens with two attached hydrogens (primary N) is 1. The summed E-state index contributed by atoms with van der Waals surface area (Å²) >= 11 is 0. The molecule has 0 radical (unpaired) electrons. The van der Waals surface area contributed by atoms with Crippen LogP contribution in [0, 0.1) is 0 Å². The van der Waals surface area contributed by atoms with Gasteiger partial charge < -0.3 is 10.6 Å². The van der Waals surface area contributed by atoms with Gasteiger partial charge in [-0.15, -0.1) is 0 Å². The molecule has 0 amide bonds. The molecule has 0 fully saturated rings. The van der Waals surface area contributed by atoms with Crippen LogP contribution >= 0.6 is 0 Å².